The summed E-state index contributed by atoms with van der Waals surface area (Å²) in [5.74, 6) is -0.176. The fourth-order valence-electron chi connectivity index (χ4n) is 1.58. The molecule has 19 heavy (non-hydrogen) atoms. The molecule has 1 amide bonds. The maximum Gasteiger partial charge on any atom is 0.251 e. The molecule has 0 aliphatic heterocycles. The third kappa shape index (κ3) is 4.44. The first kappa shape index (κ1) is 15.3. The van der Waals surface area contributed by atoms with Crippen LogP contribution in [0, 0.1) is 0 Å². The van der Waals surface area contributed by atoms with Crippen molar-refractivity contribution in [3.63, 3.8) is 0 Å². The second-order valence-electron chi connectivity index (χ2n) is 4.40. The zero-order chi connectivity index (χ0) is 14.6. The Morgan fingerprint density at radius 3 is 2.58 bits per heavy atom. The van der Waals surface area contributed by atoms with Crippen molar-refractivity contribution in [3.05, 3.63) is 23.8 Å². The number of sulfone groups is 1. The summed E-state index contributed by atoms with van der Waals surface area (Å²) < 4.78 is 22.3. The third-order valence-electron chi connectivity index (χ3n) is 2.73. The van der Waals surface area contributed by atoms with Gasteiger partial charge in [0.2, 0.25) is 0 Å². The van der Waals surface area contributed by atoms with E-state index in [1.807, 2.05) is 0 Å². The molecule has 0 aliphatic rings. The summed E-state index contributed by atoms with van der Waals surface area (Å²) in [6.45, 7) is 0.320. The van der Waals surface area contributed by atoms with Crippen molar-refractivity contribution in [2.45, 2.75) is 0 Å². The van der Waals surface area contributed by atoms with E-state index in [2.05, 4.69) is 5.32 Å². The van der Waals surface area contributed by atoms with Gasteiger partial charge in [0.25, 0.3) is 5.91 Å². The number of hydrogen-bond donors (Lipinski definition) is 2. The Morgan fingerprint density at radius 2 is 2.05 bits per heavy atom. The molecule has 1 aromatic carbocycles. The predicted molar refractivity (Wildman–Crippen MR) is 77.2 cm³/mol. The summed E-state index contributed by atoms with van der Waals surface area (Å²) in [6.07, 6.45) is 1.19. The van der Waals surface area contributed by atoms with E-state index >= 15 is 0 Å². The number of nitrogens with one attached hydrogen (secondary N) is 1. The molecule has 106 valence electrons. The molecule has 7 heteroatoms. The fourth-order valence-corrected chi connectivity index (χ4v) is 2.19. The Labute approximate surface area is 113 Å². The number of amides is 1. The van der Waals surface area contributed by atoms with Crippen LogP contribution in [0.4, 0.5) is 11.4 Å². The normalized spacial score (nSPS) is 11.1. The first-order chi connectivity index (χ1) is 8.74. The van der Waals surface area contributed by atoms with E-state index < -0.39 is 9.84 Å². The number of nitrogens with zero attached hydrogens (tertiary/aromatic N) is 1. The highest BCUT2D eigenvalue weighted by Gasteiger charge is 2.12. The van der Waals surface area contributed by atoms with Gasteiger partial charge in [-0.3, -0.25) is 4.79 Å². The number of benzene rings is 1. The van der Waals surface area contributed by atoms with Crippen LogP contribution in [0.15, 0.2) is 18.2 Å². The number of carbonyl (C=O) groups excluding carboxylic acids is 1. The molecule has 0 unspecified atom stereocenters. The second-order valence-corrected chi connectivity index (χ2v) is 6.66. The summed E-state index contributed by atoms with van der Waals surface area (Å²) in [5.41, 5.74) is 7.48. The summed E-state index contributed by atoms with van der Waals surface area (Å²) in [6, 6.07) is 4.91. The van der Waals surface area contributed by atoms with Crippen molar-refractivity contribution in [2.75, 3.05) is 43.3 Å². The molecule has 0 heterocycles. The van der Waals surface area contributed by atoms with Gasteiger partial charge in [-0.05, 0) is 18.2 Å². The highest BCUT2D eigenvalue weighted by molar-refractivity contribution is 7.90. The van der Waals surface area contributed by atoms with Crippen LogP contribution in [-0.4, -0.2) is 47.0 Å². The van der Waals surface area contributed by atoms with E-state index in [-0.39, 0.29) is 11.7 Å². The van der Waals surface area contributed by atoms with Gasteiger partial charge in [-0.15, -0.1) is 0 Å². The lowest BCUT2D eigenvalue weighted by Gasteiger charge is -2.21. The average molecular weight is 285 g/mol. The fraction of sp³-hybridized carbons (Fsp3) is 0.417. The molecule has 0 saturated heterocycles. The smallest absolute Gasteiger partial charge is 0.251 e. The van der Waals surface area contributed by atoms with Crippen LogP contribution in [-0.2, 0) is 9.84 Å². The van der Waals surface area contributed by atoms with E-state index in [1.165, 1.54) is 6.26 Å². The van der Waals surface area contributed by atoms with Gasteiger partial charge in [-0.1, -0.05) is 0 Å². The number of hydrogen-bond acceptors (Lipinski definition) is 5. The minimum atomic E-state index is -3.03. The van der Waals surface area contributed by atoms with Crippen LogP contribution in [0.1, 0.15) is 10.4 Å². The number of rotatable bonds is 5. The monoisotopic (exact) mass is 285 g/mol. The van der Waals surface area contributed by atoms with E-state index in [4.69, 9.17) is 5.73 Å². The Hall–Kier alpha value is -1.76. The molecule has 0 saturated carbocycles. The maximum atomic E-state index is 11.6. The van der Waals surface area contributed by atoms with Gasteiger partial charge < -0.3 is 16.0 Å². The third-order valence-corrected chi connectivity index (χ3v) is 3.65. The highest BCUT2D eigenvalue weighted by atomic mass is 32.2. The summed E-state index contributed by atoms with van der Waals surface area (Å²) >= 11 is 0. The molecule has 1 aromatic rings. The maximum absolute atomic E-state index is 11.6. The number of anilines is 2. The van der Waals surface area contributed by atoms with Crippen molar-refractivity contribution in [1.82, 2.24) is 5.32 Å². The van der Waals surface area contributed by atoms with Crippen LogP contribution in [0.2, 0.25) is 0 Å². The van der Waals surface area contributed by atoms with Gasteiger partial charge in [0.05, 0.1) is 17.1 Å². The summed E-state index contributed by atoms with van der Waals surface area (Å²) in [7, 11) is 0.255. The van der Waals surface area contributed by atoms with Crippen LogP contribution in [0.5, 0.6) is 0 Å². The zero-order valence-corrected chi connectivity index (χ0v) is 12.1. The van der Waals surface area contributed by atoms with Crippen LogP contribution < -0.4 is 16.0 Å². The molecule has 1 rings (SSSR count). The summed E-state index contributed by atoms with van der Waals surface area (Å²) in [4.78, 5) is 13.3. The lowest BCUT2D eigenvalue weighted by Crippen LogP contribution is -2.26. The van der Waals surface area contributed by atoms with Gasteiger partial charge in [0.1, 0.15) is 9.84 Å². The molecule has 0 bridgehead atoms. The first-order valence-corrected chi connectivity index (χ1v) is 7.81. The minimum absolute atomic E-state index is 0.0349. The predicted octanol–water partition coefficient (Wildman–Crippen LogP) is 0.109. The van der Waals surface area contributed by atoms with Gasteiger partial charge in [-0.2, -0.15) is 0 Å². The molecule has 0 aromatic heterocycles. The lowest BCUT2D eigenvalue weighted by molar-refractivity contribution is 0.0963. The van der Waals surface area contributed by atoms with Gasteiger partial charge in [0.15, 0.2) is 0 Å². The molecular weight excluding hydrogens is 266 g/mol. The van der Waals surface area contributed by atoms with Crippen molar-refractivity contribution >= 4 is 27.1 Å². The molecule has 0 spiro atoms. The molecule has 0 atom stereocenters. The first-order valence-electron chi connectivity index (χ1n) is 5.75. The molecule has 6 nitrogen and oxygen atoms in total. The SMILES string of the molecule is CNC(=O)c1ccc(N)c(N(C)CCS(C)(=O)=O)c1. The van der Waals surface area contributed by atoms with Crippen LogP contribution in [0.25, 0.3) is 0 Å². The van der Waals surface area contributed by atoms with Crippen molar-refractivity contribution in [2.24, 2.45) is 0 Å². The molecule has 0 fully saturated rings. The van der Waals surface area contributed by atoms with Crippen molar-refractivity contribution in [3.8, 4) is 0 Å². The molecule has 0 radical (unpaired) electrons. The standard InChI is InChI=1S/C12H19N3O3S/c1-14-12(16)9-4-5-10(13)11(8-9)15(2)6-7-19(3,17)18/h4-5,8H,6-7,13H2,1-3H3,(H,14,16). The number of nitrogen functional groups attached to an aromatic ring is 1. The van der Waals surface area contributed by atoms with Crippen molar-refractivity contribution < 1.29 is 13.2 Å². The Bertz CT molecular complexity index is 570. The Balaban J connectivity index is 2.95. The van der Waals surface area contributed by atoms with E-state index in [9.17, 15) is 13.2 Å². The molecule has 3 N–H and O–H groups in total. The van der Waals surface area contributed by atoms with E-state index in [0.717, 1.165) is 0 Å². The van der Waals surface area contributed by atoms with E-state index in [0.29, 0.717) is 23.5 Å². The van der Waals surface area contributed by atoms with Crippen LogP contribution in [0.3, 0.4) is 0 Å². The largest absolute Gasteiger partial charge is 0.397 e. The van der Waals surface area contributed by atoms with Gasteiger partial charge >= 0.3 is 0 Å². The van der Waals surface area contributed by atoms with Crippen LogP contribution >= 0.6 is 0 Å². The van der Waals surface area contributed by atoms with Gasteiger partial charge in [-0.25, -0.2) is 8.42 Å². The quantitative estimate of drug-likeness (QED) is 0.749. The topological polar surface area (TPSA) is 92.5 Å². The van der Waals surface area contributed by atoms with E-state index in [1.54, 1.807) is 37.2 Å². The Kier molecular flexibility index (Phi) is 4.77. The minimum Gasteiger partial charge on any atom is -0.397 e. The lowest BCUT2D eigenvalue weighted by atomic mass is 10.1. The number of nitrogens with two attached hydrogens (primary N) is 1. The average Bonchev–Trinajstić information content (AvgIpc) is 2.34. The second kappa shape index (κ2) is 5.92. The zero-order valence-electron chi connectivity index (χ0n) is 11.3. The molecule has 0 aliphatic carbocycles. The van der Waals surface area contributed by atoms with Gasteiger partial charge in [0, 0.05) is 32.5 Å². The Morgan fingerprint density at radius 1 is 1.42 bits per heavy atom. The van der Waals surface area contributed by atoms with Crippen molar-refractivity contribution in [1.29, 1.82) is 0 Å². The molecular formula is C12H19N3O3S. The summed E-state index contributed by atoms with van der Waals surface area (Å²) in [5, 5.41) is 2.53. The number of carbonyl (C=O) groups is 1. The highest BCUT2D eigenvalue weighted by Crippen LogP contribution is 2.23.